The zero-order valence-electron chi connectivity index (χ0n) is 9.45. The fraction of sp³-hybridized carbons (Fsp3) is 0.455. The molecule has 5 heteroatoms. The van der Waals surface area contributed by atoms with Gasteiger partial charge in [-0.1, -0.05) is 6.92 Å². The third-order valence-corrected chi connectivity index (χ3v) is 3.00. The predicted molar refractivity (Wildman–Crippen MR) is 67.0 cm³/mol. The first kappa shape index (κ1) is 12.8. The summed E-state index contributed by atoms with van der Waals surface area (Å²) in [6.45, 7) is 2.01. The maximum atomic E-state index is 11.8. The molecule has 0 spiro atoms. The molecule has 1 amide bonds. The molecule has 1 aromatic heterocycles. The van der Waals surface area contributed by atoms with E-state index in [4.69, 9.17) is 0 Å². The van der Waals surface area contributed by atoms with Crippen molar-refractivity contribution >= 4 is 17.7 Å². The molecule has 0 aliphatic rings. The standard InChI is InChI=1S/C11H16N2O2S/c1-3-8(7-16-2)13-11(15)9-6-12-5-4-10(9)14/h4-6,8H,3,7H2,1-2H3,(H,12,14)(H,13,15). The van der Waals surface area contributed by atoms with Gasteiger partial charge in [-0.05, 0) is 12.7 Å². The number of aromatic amines is 1. The molecule has 0 aliphatic heterocycles. The summed E-state index contributed by atoms with van der Waals surface area (Å²) in [5.74, 6) is 0.551. The lowest BCUT2D eigenvalue weighted by Gasteiger charge is -2.15. The number of amides is 1. The first-order chi connectivity index (χ1) is 7.69. The average molecular weight is 240 g/mol. The van der Waals surface area contributed by atoms with E-state index < -0.39 is 0 Å². The Morgan fingerprint density at radius 1 is 1.62 bits per heavy atom. The van der Waals surface area contributed by atoms with Crippen LogP contribution in [-0.4, -0.2) is 28.9 Å². The highest BCUT2D eigenvalue weighted by Crippen LogP contribution is 2.02. The van der Waals surface area contributed by atoms with Crippen molar-refractivity contribution in [3.63, 3.8) is 0 Å². The summed E-state index contributed by atoms with van der Waals surface area (Å²) < 4.78 is 0. The molecule has 0 aliphatic carbocycles. The van der Waals surface area contributed by atoms with Crippen molar-refractivity contribution in [2.45, 2.75) is 19.4 Å². The van der Waals surface area contributed by atoms with E-state index in [1.54, 1.807) is 11.8 Å². The van der Waals surface area contributed by atoms with E-state index in [1.807, 2.05) is 13.2 Å². The highest BCUT2D eigenvalue weighted by molar-refractivity contribution is 7.98. The molecular formula is C11H16N2O2S. The van der Waals surface area contributed by atoms with Gasteiger partial charge < -0.3 is 10.3 Å². The summed E-state index contributed by atoms with van der Waals surface area (Å²) in [6.07, 6.45) is 5.79. The molecule has 0 saturated carbocycles. The van der Waals surface area contributed by atoms with Crippen LogP contribution in [0.2, 0.25) is 0 Å². The van der Waals surface area contributed by atoms with Crippen LogP contribution in [0.1, 0.15) is 23.7 Å². The largest absolute Gasteiger partial charge is 0.367 e. The van der Waals surface area contributed by atoms with Gasteiger partial charge in [0.2, 0.25) is 0 Å². The Morgan fingerprint density at radius 3 is 2.94 bits per heavy atom. The van der Waals surface area contributed by atoms with E-state index in [2.05, 4.69) is 10.3 Å². The molecule has 1 rings (SSSR count). The van der Waals surface area contributed by atoms with Crippen LogP contribution >= 0.6 is 11.8 Å². The third-order valence-electron chi connectivity index (χ3n) is 2.26. The van der Waals surface area contributed by atoms with Gasteiger partial charge in [0.25, 0.3) is 5.91 Å². The Kier molecular flexibility index (Phi) is 5.11. The van der Waals surface area contributed by atoms with Gasteiger partial charge in [0.15, 0.2) is 5.43 Å². The second kappa shape index (κ2) is 6.37. The van der Waals surface area contributed by atoms with Crippen LogP contribution in [-0.2, 0) is 0 Å². The number of hydrogen-bond acceptors (Lipinski definition) is 3. The number of carbonyl (C=O) groups excluding carboxylic acids is 1. The van der Waals surface area contributed by atoms with Gasteiger partial charge in [0.05, 0.1) is 0 Å². The lowest BCUT2D eigenvalue weighted by Crippen LogP contribution is -2.38. The van der Waals surface area contributed by atoms with E-state index in [0.717, 1.165) is 12.2 Å². The lowest BCUT2D eigenvalue weighted by molar-refractivity contribution is 0.0938. The van der Waals surface area contributed by atoms with Crippen molar-refractivity contribution in [3.05, 3.63) is 34.2 Å². The SMILES string of the molecule is CCC(CSC)NC(=O)c1c[nH]ccc1=O. The molecule has 1 unspecified atom stereocenters. The number of nitrogens with one attached hydrogen (secondary N) is 2. The summed E-state index contributed by atoms with van der Waals surface area (Å²) in [6, 6.07) is 1.46. The quantitative estimate of drug-likeness (QED) is 0.814. The van der Waals surface area contributed by atoms with Crippen molar-refractivity contribution in [1.29, 1.82) is 0 Å². The number of hydrogen-bond donors (Lipinski definition) is 2. The fourth-order valence-corrected chi connectivity index (χ4v) is 2.04. The zero-order valence-corrected chi connectivity index (χ0v) is 10.3. The molecule has 0 radical (unpaired) electrons. The second-order valence-electron chi connectivity index (χ2n) is 3.46. The van der Waals surface area contributed by atoms with Gasteiger partial charge in [0.1, 0.15) is 5.56 Å². The number of thioether (sulfide) groups is 1. The summed E-state index contributed by atoms with van der Waals surface area (Å²) in [4.78, 5) is 25.9. The molecule has 0 aromatic carbocycles. The molecule has 1 aromatic rings. The lowest BCUT2D eigenvalue weighted by atomic mass is 10.2. The highest BCUT2D eigenvalue weighted by Gasteiger charge is 2.13. The zero-order chi connectivity index (χ0) is 12.0. The molecule has 2 N–H and O–H groups in total. The number of H-pyrrole nitrogens is 1. The van der Waals surface area contributed by atoms with Gasteiger partial charge in [-0.3, -0.25) is 9.59 Å². The molecule has 0 fully saturated rings. The van der Waals surface area contributed by atoms with E-state index in [0.29, 0.717) is 0 Å². The van der Waals surface area contributed by atoms with Crippen LogP contribution in [0.25, 0.3) is 0 Å². The second-order valence-corrected chi connectivity index (χ2v) is 4.37. The van der Waals surface area contributed by atoms with E-state index in [1.165, 1.54) is 18.5 Å². The first-order valence-electron chi connectivity index (χ1n) is 5.16. The molecular weight excluding hydrogens is 224 g/mol. The maximum Gasteiger partial charge on any atom is 0.256 e. The Bertz CT molecular complexity index is 403. The van der Waals surface area contributed by atoms with Gasteiger partial charge in [-0.25, -0.2) is 0 Å². The minimum atomic E-state index is -0.303. The average Bonchev–Trinajstić information content (AvgIpc) is 2.28. The van der Waals surface area contributed by atoms with Gasteiger partial charge >= 0.3 is 0 Å². The molecule has 0 saturated heterocycles. The minimum absolute atomic E-state index is 0.113. The third kappa shape index (κ3) is 3.41. The smallest absolute Gasteiger partial charge is 0.256 e. The van der Waals surface area contributed by atoms with Gasteiger partial charge in [-0.2, -0.15) is 11.8 Å². The fourth-order valence-electron chi connectivity index (χ4n) is 1.32. The van der Waals surface area contributed by atoms with Gasteiger partial charge in [-0.15, -0.1) is 0 Å². The number of pyridine rings is 1. The monoisotopic (exact) mass is 240 g/mol. The molecule has 4 nitrogen and oxygen atoms in total. The molecule has 0 bridgehead atoms. The van der Waals surface area contributed by atoms with E-state index in [9.17, 15) is 9.59 Å². The highest BCUT2D eigenvalue weighted by atomic mass is 32.2. The van der Waals surface area contributed by atoms with Gasteiger partial charge in [0, 0.05) is 30.3 Å². The summed E-state index contributed by atoms with van der Waals surface area (Å²) in [7, 11) is 0. The van der Waals surface area contributed by atoms with E-state index in [-0.39, 0.29) is 22.9 Å². The number of carbonyl (C=O) groups is 1. The first-order valence-corrected chi connectivity index (χ1v) is 6.55. The molecule has 88 valence electrons. The Morgan fingerprint density at radius 2 is 2.38 bits per heavy atom. The minimum Gasteiger partial charge on any atom is -0.367 e. The molecule has 16 heavy (non-hydrogen) atoms. The normalized spacial score (nSPS) is 12.1. The Labute approximate surface area is 98.8 Å². The van der Waals surface area contributed by atoms with Crippen LogP contribution in [0.3, 0.4) is 0 Å². The maximum absolute atomic E-state index is 11.8. The molecule has 1 heterocycles. The number of aromatic nitrogens is 1. The van der Waals surface area contributed by atoms with Crippen molar-refractivity contribution in [2.75, 3.05) is 12.0 Å². The van der Waals surface area contributed by atoms with Crippen molar-refractivity contribution in [1.82, 2.24) is 10.3 Å². The Balaban J connectivity index is 2.72. The summed E-state index contributed by atoms with van der Waals surface area (Å²) in [5, 5.41) is 2.84. The van der Waals surface area contributed by atoms with Crippen LogP contribution in [0.15, 0.2) is 23.3 Å². The van der Waals surface area contributed by atoms with Crippen LogP contribution in [0.5, 0.6) is 0 Å². The van der Waals surface area contributed by atoms with Crippen LogP contribution in [0.4, 0.5) is 0 Å². The topological polar surface area (TPSA) is 62.0 Å². The van der Waals surface area contributed by atoms with Crippen molar-refractivity contribution in [2.24, 2.45) is 0 Å². The van der Waals surface area contributed by atoms with Crippen LogP contribution in [0, 0.1) is 0 Å². The summed E-state index contributed by atoms with van der Waals surface area (Å²) in [5.41, 5.74) is -0.0858. The predicted octanol–water partition coefficient (Wildman–Crippen LogP) is 1.25. The molecule has 1 atom stereocenters. The van der Waals surface area contributed by atoms with Crippen molar-refractivity contribution < 1.29 is 4.79 Å². The van der Waals surface area contributed by atoms with Crippen LogP contribution < -0.4 is 10.7 Å². The number of rotatable bonds is 5. The Hall–Kier alpha value is -1.23. The van der Waals surface area contributed by atoms with E-state index >= 15 is 0 Å². The summed E-state index contributed by atoms with van der Waals surface area (Å²) >= 11 is 1.68. The van der Waals surface area contributed by atoms with Crippen molar-refractivity contribution in [3.8, 4) is 0 Å².